The maximum Gasteiger partial charge on any atom is 0.244 e. The van der Waals surface area contributed by atoms with Gasteiger partial charge in [-0.25, -0.2) is 4.98 Å². The average Bonchev–Trinajstić information content (AvgIpc) is 3.11. The Balaban J connectivity index is 1.41. The minimum atomic E-state index is -0.0794. The van der Waals surface area contributed by atoms with Gasteiger partial charge in [-0.1, -0.05) is 18.2 Å². The van der Waals surface area contributed by atoms with E-state index in [1.165, 1.54) is 6.42 Å². The van der Waals surface area contributed by atoms with Gasteiger partial charge in [-0.05, 0) is 37.8 Å². The Morgan fingerprint density at radius 1 is 1.12 bits per heavy atom. The molecule has 0 spiro atoms. The molecule has 1 N–H and O–H groups in total. The molecule has 4 rings (SSSR count). The number of hydrogen-bond donors (Lipinski definition) is 1. The number of hydrogen-bond acceptors (Lipinski definition) is 3. The fourth-order valence-electron chi connectivity index (χ4n) is 3.91. The first kappa shape index (κ1) is 15.4. The Hall–Kier alpha value is -2.14. The number of carbonyl (C=O) groups excluding carboxylic acids is 1. The van der Waals surface area contributed by atoms with E-state index in [1.807, 2.05) is 41.4 Å². The largest absolute Gasteiger partial charge is 0.335 e. The first-order valence-electron chi connectivity index (χ1n) is 8.94. The number of rotatable bonds is 4. The van der Waals surface area contributed by atoms with Crippen LogP contribution in [0.5, 0.6) is 0 Å². The monoisotopic (exact) mass is 324 g/mol. The molecule has 2 aromatic rings. The average molecular weight is 324 g/mol. The molecule has 0 unspecified atom stereocenters. The molecule has 1 aromatic heterocycles. The van der Waals surface area contributed by atoms with Gasteiger partial charge < -0.3 is 14.8 Å². The molecule has 2 aliphatic rings. The molecular weight excluding hydrogens is 300 g/mol. The normalized spacial score (nSPS) is 24.0. The van der Waals surface area contributed by atoms with Crippen molar-refractivity contribution in [2.75, 3.05) is 18.0 Å². The number of aromatic nitrogens is 2. The van der Waals surface area contributed by atoms with Gasteiger partial charge in [0, 0.05) is 43.6 Å². The highest BCUT2D eigenvalue weighted by Gasteiger charge is 2.30. The molecule has 24 heavy (non-hydrogen) atoms. The summed E-state index contributed by atoms with van der Waals surface area (Å²) >= 11 is 0. The number of benzene rings is 1. The first-order chi connectivity index (χ1) is 11.8. The number of anilines is 1. The number of carbonyl (C=O) groups is 1. The molecule has 1 aromatic carbocycles. The number of nitrogens with zero attached hydrogens (tertiary/aromatic N) is 3. The van der Waals surface area contributed by atoms with Gasteiger partial charge in [0.25, 0.3) is 0 Å². The minimum absolute atomic E-state index is 0.0794. The Kier molecular flexibility index (Phi) is 4.34. The van der Waals surface area contributed by atoms with E-state index in [0.717, 1.165) is 50.4 Å². The molecule has 1 fully saturated rings. The molecule has 2 atom stereocenters. The summed E-state index contributed by atoms with van der Waals surface area (Å²) in [5, 5.41) is 3.53. The molecule has 1 amide bonds. The maximum atomic E-state index is 12.8. The Morgan fingerprint density at radius 2 is 1.96 bits per heavy atom. The zero-order valence-electron chi connectivity index (χ0n) is 13.9. The third kappa shape index (κ3) is 2.96. The van der Waals surface area contributed by atoms with Crippen LogP contribution in [0.2, 0.25) is 0 Å². The second-order valence-corrected chi connectivity index (χ2v) is 6.75. The zero-order chi connectivity index (χ0) is 16.4. The molecular formula is C19H24N4O. The summed E-state index contributed by atoms with van der Waals surface area (Å²) in [6, 6.07) is 9.91. The quantitative estimate of drug-likeness (QED) is 0.940. The highest BCUT2D eigenvalue weighted by Crippen LogP contribution is 2.26. The van der Waals surface area contributed by atoms with Crippen molar-refractivity contribution < 1.29 is 4.79 Å². The Labute approximate surface area is 142 Å². The molecule has 5 nitrogen and oxygen atoms in total. The predicted molar refractivity (Wildman–Crippen MR) is 94.0 cm³/mol. The Morgan fingerprint density at radius 3 is 2.83 bits per heavy atom. The van der Waals surface area contributed by atoms with Crippen LogP contribution in [0.3, 0.4) is 0 Å². The molecule has 0 saturated carbocycles. The zero-order valence-corrected chi connectivity index (χ0v) is 13.9. The van der Waals surface area contributed by atoms with Crippen LogP contribution in [-0.2, 0) is 11.3 Å². The summed E-state index contributed by atoms with van der Waals surface area (Å²) in [6.45, 7) is 2.71. The van der Waals surface area contributed by atoms with E-state index in [0.29, 0.717) is 5.92 Å². The summed E-state index contributed by atoms with van der Waals surface area (Å²) in [5.74, 6) is 1.78. The number of piperidine rings is 1. The van der Waals surface area contributed by atoms with Crippen LogP contribution in [0, 0.1) is 0 Å². The topological polar surface area (TPSA) is 50.2 Å². The molecule has 1 saturated heterocycles. The van der Waals surface area contributed by atoms with Crippen LogP contribution in [0.25, 0.3) is 0 Å². The van der Waals surface area contributed by atoms with Crippen molar-refractivity contribution in [2.24, 2.45) is 0 Å². The molecule has 0 radical (unpaired) electrons. The van der Waals surface area contributed by atoms with Crippen LogP contribution >= 0.6 is 0 Å². The van der Waals surface area contributed by atoms with Gasteiger partial charge in [0.1, 0.15) is 5.82 Å². The fraction of sp³-hybridized carbons (Fsp3) is 0.474. The summed E-state index contributed by atoms with van der Waals surface area (Å²) in [7, 11) is 0. The lowest BCUT2D eigenvalue weighted by Gasteiger charge is -2.34. The van der Waals surface area contributed by atoms with Crippen molar-refractivity contribution in [2.45, 2.75) is 44.2 Å². The van der Waals surface area contributed by atoms with Crippen molar-refractivity contribution in [3.63, 3.8) is 0 Å². The van der Waals surface area contributed by atoms with Crippen LogP contribution < -0.4 is 10.2 Å². The van der Waals surface area contributed by atoms with Crippen molar-refractivity contribution in [1.82, 2.24) is 14.9 Å². The SMILES string of the molecule is O=C1[C@@H](NC[C@H]2CCCn3ccnc32)CCCN1c1ccccc1. The molecule has 3 heterocycles. The maximum absolute atomic E-state index is 12.8. The Bertz CT molecular complexity index is 696. The number of fused-ring (bicyclic) bond motifs is 1. The smallest absolute Gasteiger partial charge is 0.244 e. The number of imidazole rings is 1. The summed E-state index contributed by atoms with van der Waals surface area (Å²) in [5.41, 5.74) is 1.00. The van der Waals surface area contributed by atoms with Crippen molar-refractivity contribution in [3.8, 4) is 0 Å². The van der Waals surface area contributed by atoms with Gasteiger partial charge in [-0.3, -0.25) is 4.79 Å². The van der Waals surface area contributed by atoms with Gasteiger partial charge in [0.2, 0.25) is 5.91 Å². The molecule has 0 aliphatic carbocycles. The third-order valence-electron chi connectivity index (χ3n) is 5.18. The predicted octanol–water partition coefficient (Wildman–Crippen LogP) is 2.55. The molecule has 0 bridgehead atoms. The third-order valence-corrected chi connectivity index (χ3v) is 5.18. The van der Waals surface area contributed by atoms with E-state index in [2.05, 4.69) is 21.1 Å². The summed E-state index contributed by atoms with van der Waals surface area (Å²) < 4.78 is 2.24. The van der Waals surface area contributed by atoms with E-state index < -0.39 is 0 Å². The van der Waals surface area contributed by atoms with E-state index in [4.69, 9.17) is 0 Å². The second-order valence-electron chi connectivity index (χ2n) is 6.75. The van der Waals surface area contributed by atoms with Crippen LogP contribution in [-0.4, -0.2) is 34.6 Å². The van der Waals surface area contributed by atoms with Gasteiger partial charge in [0.15, 0.2) is 0 Å². The van der Waals surface area contributed by atoms with E-state index in [1.54, 1.807) is 0 Å². The fourth-order valence-corrected chi connectivity index (χ4v) is 3.91. The molecule has 126 valence electrons. The van der Waals surface area contributed by atoms with Crippen LogP contribution in [0.15, 0.2) is 42.7 Å². The first-order valence-corrected chi connectivity index (χ1v) is 8.94. The van der Waals surface area contributed by atoms with Gasteiger partial charge >= 0.3 is 0 Å². The lowest BCUT2D eigenvalue weighted by molar-refractivity contribution is -0.121. The highest BCUT2D eigenvalue weighted by atomic mass is 16.2. The van der Waals surface area contributed by atoms with E-state index >= 15 is 0 Å². The van der Waals surface area contributed by atoms with E-state index in [-0.39, 0.29) is 11.9 Å². The van der Waals surface area contributed by atoms with Crippen molar-refractivity contribution >= 4 is 11.6 Å². The van der Waals surface area contributed by atoms with Gasteiger partial charge in [-0.2, -0.15) is 0 Å². The van der Waals surface area contributed by atoms with Crippen molar-refractivity contribution in [1.29, 1.82) is 0 Å². The second kappa shape index (κ2) is 6.77. The van der Waals surface area contributed by atoms with Crippen LogP contribution in [0.1, 0.15) is 37.4 Å². The minimum Gasteiger partial charge on any atom is -0.335 e. The van der Waals surface area contributed by atoms with E-state index in [9.17, 15) is 4.79 Å². The van der Waals surface area contributed by atoms with Crippen LogP contribution in [0.4, 0.5) is 5.69 Å². The van der Waals surface area contributed by atoms with Gasteiger partial charge in [0.05, 0.1) is 6.04 Å². The molecule has 2 aliphatic heterocycles. The lowest BCUT2D eigenvalue weighted by Crippen LogP contribution is -2.51. The van der Waals surface area contributed by atoms with Crippen molar-refractivity contribution in [3.05, 3.63) is 48.5 Å². The standard InChI is InChI=1S/C19H24N4O/c24-19-17(9-5-12-23(19)16-7-2-1-3-8-16)21-14-15-6-4-11-22-13-10-20-18(15)22/h1-3,7-8,10,13,15,17,21H,4-6,9,11-12,14H2/t15-,17+/m1/s1. The summed E-state index contributed by atoms with van der Waals surface area (Å²) in [6.07, 6.45) is 8.24. The molecule has 5 heteroatoms. The number of nitrogens with one attached hydrogen (secondary N) is 1. The highest BCUT2D eigenvalue weighted by molar-refractivity contribution is 5.97. The van der Waals surface area contributed by atoms with Gasteiger partial charge in [-0.15, -0.1) is 0 Å². The number of para-hydroxylation sites is 1. The number of aryl methyl sites for hydroxylation is 1. The lowest BCUT2D eigenvalue weighted by atomic mass is 9.97. The number of amides is 1. The summed E-state index contributed by atoms with van der Waals surface area (Å²) in [4.78, 5) is 19.3.